The molecule has 4 aliphatic heterocycles. The maximum atomic E-state index is 15.3. The van der Waals surface area contributed by atoms with Crippen LogP contribution in [0.3, 0.4) is 0 Å². The van der Waals surface area contributed by atoms with Crippen LogP contribution in [0.2, 0.25) is 0 Å². The van der Waals surface area contributed by atoms with Crippen molar-refractivity contribution < 1.29 is 81.6 Å². The largest absolute Gasteiger partial charge is 0.458 e. The summed E-state index contributed by atoms with van der Waals surface area (Å²) in [5, 5.41) is 25.8. The molecule has 2 aromatic carbocycles. The van der Waals surface area contributed by atoms with E-state index in [-0.39, 0.29) is 75.7 Å². The molecule has 98 heavy (non-hydrogen) atoms. The number of rotatable bonds is 23. The molecule has 1 unspecified atom stereocenters. The number of esters is 3. The van der Waals surface area contributed by atoms with Gasteiger partial charge in [-0.2, -0.15) is 0 Å². The summed E-state index contributed by atoms with van der Waals surface area (Å²) in [5.74, 6) is -11.8. The number of aliphatic hydroxyl groups excluding tert-OH is 1. The Kier molecular flexibility index (Phi) is 28.5. The van der Waals surface area contributed by atoms with Gasteiger partial charge in [0.15, 0.2) is 18.0 Å². The molecule has 27 heteroatoms. The van der Waals surface area contributed by atoms with Gasteiger partial charge in [0.1, 0.15) is 54.4 Å². The van der Waals surface area contributed by atoms with E-state index in [1.807, 2.05) is 13.8 Å². The highest BCUT2D eigenvalue weighted by Crippen LogP contribution is 2.28. The topological polar surface area (TPSA) is 369 Å². The predicted octanol–water partition coefficient (Wildman–Crippen LogP) is 2.90. The van der Waals surface area contributed by atoms with Crippen LogP contribution in [0.4, 0.5) is 0 Å². The summed E-state index contributed by atoms with van der Waals surface area (Å²) in [7, 11) is 2.73. The molecule has 0 bridgehead atoms. The second-order valence-electron chi connectivity index (χ2n) is 27.7. The van der Waals surface area contributed by atoms with Gasteiger partial charge in [-0.15, -0.1) is 0 Å². The van der Waals surface area contributed by atoms with E-state index in [4.69, 9.17) is 19.9 Å². The van der Waals surface area contributed by atoms with Crippen LogP contribution in [0.25, 0.3) is 0 Å². The highest BCUT2D eigenvalue weighted by Gasteiger charge is 2.47. The normalized spacial score (nSPS) is 25.2. The van der Waals surface area contributed by atoms with Crippen LogP contribution in [0, 0.1) is 23.7 Å². The summed E-state index contributed by atoms with van der Waals surface area (Å²) in [6.07, 6.45) is -5.45. The maximum Gasteiger partial charge on any atom is 0.329 e. The molecule has 8 N–H and O–H groups in total. The van der Waals surface area contributed by atoms with Gasteiger partial charge >= 0.3 is 17.9 Å². The fourth-order valence-corrected chi connectivity index (χ4v) is 12.9. The summed E-state index contributed by atoms with van der Waals surface area (Å²) in [5.41, 5.74) is 7.26. The van der Waals surface area contributed by atoms with Crippen LogP contribution in [0.15, 0.2) is 66.9 Å². The van der Waals surface area contributed by atoms with E-state index < -0.39 is 168 Å². The summed E-state index contributed by atoms with van der Waals surface area (Å²) < 4.78 is 17.6. The first-order valence-corrected chi connectivity index (χ1v) is 34.3. The molecule has 0 saturated carbocycles. The third-order valence-electron chi connectivity index (χ3n) is 18.7. The van der Waals surface area contributed by atoms with Crippen molar-refractivity contribution in [1.82, 2.24) is 46.2 Å². The van der Waals surface area contributed by atoms with E-state index in [1.165, 1.54) is 37.7 Å². The number of amides is 9. The molecule has 0 aliphatic carbocycles. The highest BCUT2D eigenvalue weighted by molar-refractivity contribution is 6.09. The lowest BCUT2D eigenvalue weighted by molar-refractivity contribution is -0.163. The van der Waals surface area contributed by atoms with Gasteiger partial charge in [-0.25, -0.2) is 9.59 Å². The van der Waals surface area contributed by atoms with E-state index in [2.05, 4.69) is 33.2 Å². The Bertz CT molecular complexity index is 3230. The minimum atomic E-state index is -1.85. The Morgan fingerprint density at radius 3 is 2.07 bits per heavy atom. The zero-order valence-corrected chi connectivity index (χ0v) is 58.7. The number of primary amides is 1. The quantitative estimate of drug-likeness (QED) is 0.0478. The third-order valence-corrected chi connectivity index (χ3v) is 18.7. The Hall–Kier alpha value is -8.75. The van der Waals surface area contributed by atoms with Gasteiger partial charge in [-0.3, -0.25) is 52.7 Å². The zero-order valence-electron chi connectivity index (χ0n) is 58.7. The Labute approximate surface area is 574 Å². The minimum absolute atomic E-state index is 0.0243. The van der Waals surface area contributed by atoms with Crippen molar-refractivity contribution >= 4 is 76.9 Å². The fourth-order valence-electron chi connectivity index (χ4n) is 12.9. The lowest BCUT2D eigenvalue weighted by Crippen LogP contribution is -2.62. The first-order valence-electron chi connectivity index (χ1n) is 34.3. The lowest BCUT2D eigenvalue weighted by atomic mass is 9.92. The summed E-state index contributed by atoms with van der Waals surface area (Å²) in [4.78, 5) is 190. The van der Waals surface area contributed by atoms with Crippen molar-refractivity contribution in [2.24, 2.45) is 29.4 Å². The van der Waals surface area contributed by atoms with Gasteiger partial charge < -0.3 is 71.2 Å². The number of carbonyl (C=O) groups is 13. The van der Waals surface area contributed by atoms with Crippen molar-refractivity contribution in [3.05, 3.63) is 83.6 Å². The van der Waals surface area contributed by atoms with Crippen molar-refractivity contribution in [3.63, 3.8) is 0 Å². The number of nitrogens with zero attached hydrogens (tertiary/aromatic N) is 4. The first kappa shape index (κ1) is 78.2. The number of fused-ring (bicyclic) bond motifs is 1. The van der Waals surface area contributed by atoms with Crippen molar-refractivity contribution in [2.75, 3.05) is 27.2 Å². The van der Waals surface area contributed by atoms with Gasteiger partial charge in [-0.1, -0.05) is 123 Å². The molecule has 0 aromatic heterocycles. The lowest BCUT2D eigenvalue weighted by Gasteiger charge is -2.36. The van der Waals surface area contributed by atoms with Gasteiger partial charge in [0.05, 0.1) is 18.6 Å². The number of likely N-dealkylation sites (tertiary alicyclic amines) is 1. The number of nitrogens with two attached hydrogens (primary N) is 1. The summed E-state index contributed by atoms with van der Waals surface area (Å²) in [6.45, 7) is 20.6. The first-order chi connectivity index (χ1) is 46.2. The molecule has 0 radical (unpaired) electrons. The molecule has 27 nitrogen and oxygen atoms in total. The number of hydrogen-bond acceptors (Lipinski definition) is 18. The van der Waals surface area contributed by atoms with Gasteiger partial charge in [0, 0.05) is 56.9 Å². The van der Waals surface area contributed by atoms with Crippen LogP contribution >= 0.6 is 0 Å². The van der Waals surface area contributed by atoms with Crippen LogP contribution in [0.5, 0.6) is 0 Å². The number of ketones is 1. The van der Waals surface area contributed by atoms with Crippen molar-refractivity contribution in [3.8, 4) is 0 Å². The number of carbonyl (C=O) groups excluding carboxylic acids is 13. The SMILES string of the molecule is C=C1CCC(C(=O)N[C@H](CCC(N)=O)C(=O)O[C@@H](C)C(=O)N2CCC[C@H]2C(=O)N(C)[C@H](CC(C)C)C(=O)N[C@H]2C(=O)N[C@@H]([C@@H](C)CC)[C@@H](O)CC(=O)O[C@@H](C(C)C)C(=O)N[C@@H](CC(C)C)C(=O)N3CCC[C@H]3C(=O)N(C)[C@@H](Cc3ccc(C(=O)c4ccccc4)cc3)C(=O)O[C@H]2C)N1. The molecular weight excluding hydrogens is 1260 g/mol. The Morgan fingerprint density at radius 2 is 1.47 bits per heavy atom. The second kappa shape index (κ2) is 35.7. The molecule has 14 atom stereocenters. The average Bonchev–Trinajstić information content (AvgIpc) is 1.56. The number of likely N-dealkylation sites (N-methyl/N-ethyl adjacent to an activating group) is 2. The van der Waals surface area contributed by atoms with Crippen LogP contribution in [0.1, 0.15) is 168 Å². The molecule has 6 rings (SSSR count). The number of hydrogen-bond donors (Lipinski definition) is 7. The molecule has 4 aliphatic rings. The van der Waals surface area contributed by atoms with E-state index in [1.54, 1.807) is 96.1 Å². The van der Waals surface area contributed by atoms with E-state index in [0.29, 0.717) is 54.5 Å². The number of allylic oxidation sites excluding steroid dienone is 1. The van der Waals surface area contributed by atoms with Crippen molar-refractivity contribution in [1.29, 1.82) is 0 Å². The molecular formula is C71H102N10O17. The maximum absolute atomic E-state index is 15.3. The molecule has 4 fully saturated rings. The smallest absolute Gasteiger partial charge is 0.329 e. The monoisotopic (exact) mass is 1370 g/mol. The van der Waals surface area contributed by atoms with Gasteiger partial charge in [-0.05, 0) is 101 Å². The molecule has 538 valence electrons. The number of benzene rings is 2. The molecule has 4 heterocycles. The van der Waals surface area contributed by atoms with Crippen molar-refractivity contribution in [2.45, 2.75) is 232 Å². The molecule has 2 aromatic rings. The Morgan fingerprint density at radius 1 is 0.816 bits per heavy atom. The number of ether oxygens (including phenoxy) is 3. The van der Waals surface area contributed by atoms with Crippen LogP contribution < -0.4 is 32.3 Å². The Balaban J connectivity index is 1.36. The standard InChI is InChI=1S/C71H102N10O17/c1-14-41(8)58-55(82)37-57(84)98-61(40(6)7)65(89)75-50(34-38(2)3)67(91)81-33-19-23-52(81)69(93)79(13)54(36-45-25-27-47(28-26-45)60(85)46-20-16-15-17-21-46)71(95)96-43(10)59(64(88)76-58)77-63(87)53(35-39(4)5)78(12)68(92)51-22-18-32-80(51)66(90)44(11)97-70(94)49(30-31-56(72)83)74-62(86)48-29-24-42(9)73-48/h15-17,20-21,25-28,38-41,43-44,48-55,58-59,61,73,82H,9,14,18-19,22-24,29-37H2,1-8,10-13H3,(H2,72,83)(H,74,86)(H,75,89)(H,76,88)(H,77,87)/t41-,43-,44-,48?,49+,50-,51-,52-,53+,54-,55-,58-,59+,61-/m0/s1. The minimum Gasteiger partial charge on any atom is -0.458 e. The third kappa shape index (κ3) is 20.7. The van der Waals surface area contributed by atoms with Crippen LogP contribution in [-0.2, 0) is 78.2 Å². The van der Waals surface area contributed by atoms with Crippen LogP contribution in [-0.4, -0.2) is 208 Å². The fraction of sp³-hybridized carbons (Fsp3) is 0.620. The van der Waals surface area contributed by atoms with Gasteiger partial charge in [0.2, 0.25) is 41.4 Å². The highest BCUT2D eigenvalue weighted by atomic mass is 16.6. The van der Waals surface area contributed by atoms with E-state index in [9.17, 15) is 48.3 Å². The number of cyclic esters (lactones) is 2. The molecule has 0 spiro atoms. The average molecular weight is 1370 g/mol. The second-order valence-corrected chi connectivity index (χ2v) is 27.7. The zero-order chi connectivity index (χ0) is 72.6. The summed E-state index contributed by atoms with van der Waals surface area (Å²) in [6, 6.07) is 3.38. The van der Waals surface area contributed by atoms with E-state index >= 15 is 19.2 Å². The van der Waals surface area contributed by atoms with Gasteiger partial charge in [0.25, 0.3) is 11.8 Å². The number of nitrogens with one attached hydrogen (secondary N) is 5. The van der Waals surface area contributed by atoms with E-state index in [0.717, 1.165) is 9.80 Å². The predicted molar refractivity (Wildman–Crippen MR) is 359 cm³/mol. The number of aliphatic hydroxyl groups is 1. The summed E-state index contributed by atoms with van der Waals surface area (Å²) >= 11 is 0. The molecule has 9 amide bonds. The molecule has 4 saturated heterocycles.